The van der Waals surface area contributed by atoms with Crippen molar-refractivity contribution in [2.75, 3.05) is 20.8 Å². The van der Waals surface area contributed by atoms with Gasteiger partial charge >= 0.3 is 0 Å². The van der Waals surface area contributed by atoms with Crippen LogP contribution in [0, 0.1) is 0 Å². The standard InChI is InChI=1S/C14H20N2O5S/c1-20-10-6-7-13(12(9-10)21-2)22(18,19)16-8-4-3-5-11(16)14(15)17/h6-7,9,11H,3-5,8H2,1-2H3,(H2,15,17). The summed E-state index contributed by atoms with van der Waals surface area (Å²) < 4.78 is 37.2. The van der Waals surface area contributed by atoms with Gasteiger partial charge in [-0.1, -0.05) is 6.42 Å². The molecule has 0 spiro atoms. The molecule has 2 N–H and O–H groups in total. The molecule has 1 saturated heterocycles. The third-order valence-corrected chi connectivity index (χ3v) is 5.69. The van der Waals surface area contributed by atoms with Crippen LogP contribution in [0.4, 0.5) is 0 Å². The number of carbonyl (C=O) groups is 1. The Hall–Kier alpha value is -1.80. The zero-order valence-corrected chi connectivity index (χ0v) is 13.4. The van der Waals surface area contributed by atoms with E-state index >= 15 is 0 Å². The van der Waals surface area contributed by atoms with E-state index in [9.17, 15) is 13.2 Å². The molecule has 122 valence electrons. The third kappa shape index (κ3) is 3.02. The predicted octanol–water partition coefficient (Wildman–Crippen LogP) is 0.732. The minimum atomic E-state index is -3.87. The number of carbonyl (C=O) groups excluding carboxylic acids is 1. The number of hydrogen-bond donors (Lipinski definition) is 1. The first-order valence-corrected chi connectivity index (χ1v) is 8.39. The number of nitrogens with zero attached hydrogens (tertiary/aromatic N) is 1. The summed E-state index contributed by atoms with van der Waals surface area (Å²) in [6.07, 6.45) is 1.91. The van der Waals surface area contributed by atoms with Crippen LogP contribution in [0.1, 0.15) is 19.3 Å². The Kier molecular flexibility index (Phi) is 4.92. The molecular formula is C14H20N2O5S. The highest BCUT2D eigenvalue weighted by Crippen LogP contribution is 2.33. The summed E-state index contributed by atoms with van der Waals surface area (Å²) in [6, 6.07) is 3.64. The first-order valence-electron chi connectivity index (χ1n) is 6.95. The van der Waals surface area contributed by atoms with Crippen LogP contribution in [0.15, 0.2) is 23.1 Å². The van der Waals surface area contributed by atoms with Crippen molar-refractivity contribution in [3.05, 3.63) is 18.2 Å². The van der Waals surface area contributed by atoms with Crippen molar-refractivity contribution in [3.63, 3.8) is 0 Å². The van der Waals surface area contributed by atoms with Crippen LogP contribution in [0.5, 0.6) is 11.5 Å². The molecule has 0 aromatic heterocycles. The highest BCUT2D eigenvalue weighted by molar-refractivity contribution is 7.89. The number of amides is 1. The number of sulfonamides is 1. The minimum Gasteiger partial charge on any atom is -0.497 e. The fourth-order valence-electron chi connectivity index (χ4n) is 2.59. The van der Waals surface area contributed by atoms with Crippen LogP contribution in [0.3, 0.4) is 0 Å². The molecule has 22 heavy (non-hydrogen) atoms. The van der Waals surface area contributed by atoms with E-state index in [1.165, 1.54) is 30.7 Å². The van der Waals surface area contributed by atoms with Crippen molar-refractivity contribution in [2.24, 2.45) is 5.73 Å². The largest absolute Gasteiger partial charge is 0.497 e. The maximum atomic E-state index is 12.9. The molecular weight excluding hydrogens is 308 g/mol. The van der Waals surface area contributed by atoms with Gasteiger partial charge in [0.2, 0.25) is 15.9 Å². The Labute approximate surface area is 130 Å². The normalized spacial score (nSPS) is 19.6. The van der Waals surface area contributed by atoms with Gasteiger partial charge in [-0.05, 0) is 25.0 Å². The SMILES string of the molecule is COc1ccc(S(=O)(=O)N2CCCCC2C(N)=O)c(OC)c1. The number of hydrogen-bond acceptors (Lipinski definition) is 5. The number of ether oxygens (including phenoxy) is 2. The Morgan fingerprint density at radius 1 is 1.27 bits per heavy atom. The summed E-state index contributed by atoms with van der Waals surface area (Å²) in [4.78, 5) is 11.6. The fraction of sp³-hybridized carbons (Fsp3) is 0.500. The van der Waals surface area contributed by atoms with Gasteiger partial charge in [-0.2, -0.15) is 4.31 Å². The number of benzene rings is 1. The number of primary amides is 1. The van der Waals surface area contributed by atoms with Gasteiger partial charge in [0.25, 0.3) is 0 Å². The van der Waals surface area contributed by atoms with Crippen molar-refractivity contribution in [1.29, 1.82) is 0 Å². The molecule has 1 amide bonds. The molecule has 1 atom stereocenters. The third-order valence-electron chi connectivity index (χ3n) is 3.74. The summed E-state index contributed by atoms with van der Waals surface area (Å²) in [6.45, 7) is 0.269. The van der Waals surface area contributed by atoms with Gasteiger partial charge in [-0.15, -0.1) is 0 Å². The second-order valence-corrected chi connectivity index (χ2v) is 6.91. The van der Waals surface area contributed by atoms with E-state index in [2.05, 4.69) is 0 Å². The maximum absolute atomic E-state index is 12.9. The average molecular weight is 328 g/mol. The molecule has 1 aliphatic rings. The first-order chi connectivity index (χ1) is 10.4. The average Bonchev–Trinajstić information content (AvgIpc) is 2.54. The summed E-state index contributed by atoms with van der Waals surface area (Å²) in [5.41, 5.74) is 5.35. The molecule has 0 radical (unpaired) electrons. The van der Waals surface area contributed by atoms with Crippen molar-refractivity contribution in [1.82, 2.24) is 4.31 Å². The molecule has 0 aliphatic carbocycles. The molecule has 1 aliphatic heterocycles. The van der Waals surface area contributed by atoms with Gasteiger partial charge in [-0.25, -0.2) is 8.42 Å². The number of methoxy groups -OCH3 is 2. The smallest absolute Gasteiger partial charge is 0.247 e. The molecule has 0 bridgehead atoms. The van der Waals surface area contributed by atoms with Crippen molar-refractivity contribution in [2.45, 2.75) is 30.2 Å². The predicted molar refractivity (Wildman–Crippen MR) is 80.3 cm³/mol. The van der Waals surface area contributed by atoms with Crippen molar-refractivity contribution in [3.8, 4) is 11.5 Å². The maximum Gasteiger partial charge on any atom is 0.247 e. The van der Waals surface area contributed by atoms with Gasteiger partial charge in [0.1, 0.15) is 22.4 Å². The zero-order valence-electron chi connectivity index (χ0n) is 12.6. The van der Waals surface area contributed by atoms with Crippen LogP contribution < -0.4 is 15.2 Å². The Morgan fingerprint density at radius 2 is 2.00 bits per heavy atom. The van der Waals surface area contributed by atoms with Gasteiger partial charge in [0.15, 0.2) is 0 Å². The highest BCUT2D eigenvalue weighted by atomic mass is 32.2. The zero-order chi connectivity index (χ0) is 16.3. The van der Waals surface area contributed by atoms with Crippen LogP contribution in [0.25, 0.3) is 0 Å². The van der Waals surface area contributed by atoms with E-state index in [-0.39, 0.29) is 17.2 Å². The van der Waals surface area contributed by atoms with Gasteiger partial charge < -0.3 is 15.2 Å². The number of rotatable bonds is 5. The second-order valence-electron chi connectivity index (χ2n) is 5.05. The van der Waals surface area contributed by atoms with E-state index in [1.54, 1.807) is 6.07 Å². The number of nitrogens with two attached hydrogens (primary N) is 1. The lowest BCUT2D eigenvalue weighted by Crippen LogP contribution is -2.50. The van der Waals surface area contributed by atoms with Crippen LogP contribution in [-0.4, -0.2) is 45.4 Å². The minimum absolute atomic E-state index is 0.00366. The summed E-state index contributed by atoms with van der Waals surface area (Å²) >= 11 is 0. The van der Waals surface area contributed by atoms with E-state index in [0.717, 1.165) is 6.42 Å². The first kappa shape index (κ1) is 16.6. The highest BCUT2D eigenvalue weighted by Gasteiger charge is 2.38. The molecule has 1 unspecified atom stereocenters. The van der Waals surface area contributed by atoms with Gasteiger partial charge in [-0.3, -0.25) is 4.79 Å². The summed E-state index contributed by atoms with van der Waals surface area (Å²) in [5, 5.41) is 0. The molecule has 1 aromatic rings. The van der Waals surface area contributed by atoms with E-state index < -0.39 is 22.0 Å². The Balaban J connectivity index is 2.47. The molecule has 1 fully saturated rings. The molecule has 1 heterocycles. The van der Waals surface area contributed by atoms with Crippen molar-refractivity contribution >= 4 is 15.9 Å². The second kappa shape index (κ2) is 6.53. The lowest BCUT2D eigenvalue weighted by molar-refractivity contribution is -0.122. The number of piperidine rings is 1. The quantitative estimate of drug-likeness (QED) is 0.859. The Morgan fingerprint density at radius 3 is 2.59 bits per heavy atom. The molecule has 2 rings (SSSR count). The van der Waals surface area contributed by atoms with Gasteiger partial charge in [0.05, 0.1) is 14.2 Å². The fourth-order valence-corrected chi connectivity index (χ4v) is 4.39. The summed E-state index contributed by atoms with van der Waals surface area (Å²) in [7, 11) is -1.00. The van der Waals surface area contributed by atoms with Crippen LogP contribution >= 0.6 is 0 Å². The van der Waals surface area contributed by atoms with Gasteiger partial charge in [0, 0.05) is 12.6 Å². The van der Waals surface area contributed by atoms with Crippen LogP contribution in [-0.2, 0) is 14.8 Å². The van der Waals surface area contributed by atoms with E-state index in [0.29, 0.717) is 18.6 Å². The van der Waals surface area contributed by atoms with Crippen molar-refractivity contribution < 1.29 is 22.7 Å². The molecule has 1 aromatic carbocycles. The lowest BCUT2D eigenvalue weighted by Gasteiger charge is -2.32. The van der Waals surface area contributed by atoms with E-state index in [1.807, 2.05) is 0 Å². The van der Waals surface area contributed by atoms with Crippen LogP contribution in [0.2, 0.25) is 0 Å². The molecule has 0 saturated carbocycles. The molecule has 7 nitrogen and oxygen atoms in total. The Bertz CT molecular complexity index is 659. The molecule has 8 heteroatoms. The summed E-state index contributed by atoms with van der Waals surface area (Å²) in [5.74, 6) is 0.0322. The van der Waals surface area contributed by atoms with E-state index in [4.69, 9.17) is 15.2 Å². The monoisotopic (exact) mass is 328 g/mol. The topological polar surface area (TPSA) is 98.9 Å². The lowest BCUT2D eigenvalue weighted by atomic mass is 10.0.